The Morgan fingerprint density at radius 1 is 1.40 bits per heavy atom. The Morgan fingerprint density at radius 3 is 2.30 bits per heavy atom. The molecule has 0 spiro atoms. The van der Waals surface area contributed by atoms with Crippen molar-refractivity contribution in [2.24, 2.45) is 0 Å². The Labute approximate surface area is 71.3 Å². The van der Waals surface area contributed by atoms with Gasteiger partial charge in [0, 0.05) is 9.99 Å². The maximum absolute atomic E-state index is 8.54. The van der Waals surface area contributed by atoms with Gasteiger partial charge in [-0.1, -0.05) is 5.57 Å². The zero-order chi connectivity index (χ0) is 7.98. The zero-order valence-electron chi connectivity index (χ0n) is 6.68. The predicted octanol–water partition coefficient (Wildman–Crippen LogP) is 2.33. The molecule has 0 aromatic carbocycles. The van der Waals surface area contributed by atoms with Crippen LogP contribution in [0.4, 0.5) is 0 Å². The van der Waals surface area contributed by atoms with Gasteiger partial charge in [0.05, 0.1) is 6.61 Å². The molecule has 0 aliphatic carbocycles. The van der Waals surface area contributed by atoms with Gasteiger partial charge in [-0.05, 0) is 20.1 Å². The van der Waals surface area contributed by atoms with Gasteiger partial charge in [0.1, 0.15) is 0 Å². The largest absolute Gasteiger partial charge is 0.396 e. The van der Waals surface area contributed by atoms with Crippen LogP contribution in [-0.4, -0.2) is 23.7 Å². The number of aliphatic hydroxyl groups excluding tert-OH is 1. The van der Waals surface area contributed by atoms with E-state index in [1.54, 1.807) is 23.5 Å². The molecule has 10 heavy (non-hydrogen) atoms. The molecule has 1 nitrogen and oxygen atoms in total. The molecule has 3 heteroatoms. The summed E-state index contributed by atoms with van der Waals surface area (Å²) in [7, 11) is 0. The van der Waals surface area contributed by atoms with Crippen molar-refractivity contribution >= 4 is 23.5 Å². The summed E-state index contributed by atoms with van der Waals surface area (Å²) >= 11 is 3.47. The lowest BCUT2D eigenvalue weighted by molar-refractivity contribution is 0.322. The van der Waals surface area contributed by atoms with E-state index in [-0.39, 0.29) is 6.61 Å². The van der Waals surface area contributed by atoms with Crippen LogP contribution >= 0.6 is 23.5 Å². The normalized spacial score (nSPS) is 9.60. The van der Waals surface area contributed by atoms with Gasteiger partial charge in [-0.3, -0.25) is 0 Å². The first kappa shape index (κ1) is 10.4. The second-order valence-corrected chi connectivity index (χ2v) is 4.24. The molecule has 0 amide bonds. The van der Waals surface area contributed by atoms with Gasteiger partial charge in [0.15, 0.2) is 0 Å². The summed E-state index contributed by atoms with van der Waals surface area (Å²) in [5.74, 6) is 0.807. The first-order valence-electron chi connectivity index (χ1n) is 3.17. The molecule has 1 N–H and O–H groups in total. The molecule has 0 bridgehead atoms. The van der Waals surface area contributed by atoms with Crippen LogP contribution in [0.15, 0.2) is 9.81 Å². The zero-order valence-corrected chi connectivity index (χ0v) is 8.31. The van der Waals surface area contributed by atoms with E-state index in [1.165, 1.54) is 9.81 Å². The highest BCUT2D eigenvalue weighted by Crippen LogP contribution is 2.28. The standard InChI is InChI=1S/C7H14OS2/c1-6(2)7(9-3)10-5-4-8/h8H,4-5H2,1-3H3. The summed E-state index contributed by atoms with van der Waals surface area (Å²) in [6.07, 6.45) is 2.06. The van der Waals surface area contributed by atoms with Crippen molar-refractivity contribution in [1.29, 1.82) is 0 Å². The molecular weight excluding hydrogens is 164 g/mol. The molecule has 0 heterocycles. The minimum atomic E-state index is 0.266. The van der Waals surface area contributed by atoms with E-state index in [2.05, 4.69) is 20.1 Å². The summed E-state index contributed by atoms with van der Waals surface area (Å²) in [6.45, 7) is 4.45. The van der Waals surface area contributed by atoms with Crippen molar-refractivity contribution in [2.75, 3.05) is 18.6 Å². The number of rotatable bonds is 4. The van der Waals surface area contributed by atoms with Gasteiger partial charge >= 0.3 is 0 Å². The summed E-state index contributed by atoms with van der Waals surface area (Å²) in [5.41, 5.74) is 1.34. The Bertz CT molecular complexity index is 117. The summed E-state index contributed by atoms with van der Waals surface area (Å²) in [4.78, 5) is 0. The molecule has 0 radical (unpaired) electrons. The highest BCUT2D eigenvalue weighted by molar-refractivity contribution is 8.22. The van der Waals surface area contributed by atoms with Gasteiger partial charge in [0.25, 0.3) is 0 Å². The van der Waals surface area contributed by atoms with Gasteiger partial charge in [-0.2, -0.15) is 0 Å². The number of hydrogen-bond donors (Lipinski definition) is 1. The molecule has 0 unspecified atom stereocenters. The molecule has 0 atom stereocenters. The average Bonchev–Trinajstić information content (AvgIpc) is 1.89. The molecule has 0 aromatic heterocycles. The summed E-state index contributed by atoms with van der Waals surface area (Å²) in [5, 5.41) is 8.54. The minimum absolute atomic E-state index is 0.266. The van der Waals surface area contributed by atoms with E-state index in [1.807, 2.05) is 0 Å². The molecule has 0 saturated heterocycles. The number of hydrogen-bond acceptors (Lipinski definition) is 3. The summed E-state index contributed by atoms with van der Waals surface area (Å²) in [6, 6.07) is 0. The van der Waals surface area contributed by atoms with Crippen LogP contribution in [0.1, 0.15) is 13.8 Å². The lowest BCUT2D eigenvalue weighted by Crippen LogP contribution is -1.86. The lowest BCUT2D eigenvalue weighted by atomic mass is 10.4. The van der Waals surface area contributed by atoms with E-state index in [0.717, 1.165) is 5.75 Å². The van der Waals surface area contributed by atoms with E-state index in [4.69, 9.17) is 5.11 Å². The van der Waals surface area contributed by atoms with Crippen LogP contribution in [0.2, 0.25) is 0 Å². The van der Waals surface area contributed by atoms with Crippen molar-refractivity contribution in [2.45, 2.75) is 13.8 Å². The van der Waals surface area contributed by atoms with Crippen LogP contribution in [-0.2, 0) is 0 Å². The van der Waals surface area contributed by atoms with E-state index >= 15 is 0 Å². The fourth-order valence-electron chi connectivity index (χ4n) is 0.546. The lowest BCUT2D eigenvalue weighted by Gasteiger charge is -2.03. The Balaban J connectivity index is 3.73. The molecule has 0 rings (SSSR count). The van der Waals surface area contributed by atoms with Crippen LogP contribution in [0, 0.1) is 0 Å². The topological polar surface area (TPSA) is 20.2 Å². The van der Waals surface area contributed by atoms with Gasteiger partial charge in [-0.15, -0.1) is 23.5 Å². The van der Waals surface area contributed by atoms with Crippen molar-refractivity contribution in [1.82, 2.24) is 0 Å². The van der Waals surface area contributed by atoms with Gasteiger partial charge in [-0.25, -0.2) is 0 Å². The SMILES string of the molecule is CSC(SCCO)=C(C)C. The van der Waals surface area contributed by atoms with Crippen LogP contribution < -0.4 is 0 Å². The first-order valence-corrected chi connectivity index (χ1v) is 5.38. The third-order valence-corrected chi connectivity index (χ3v) is 3.61. The maximum Gasteiger partial charge on any atom is 0.0525 e. The third-order valence-electron chi connectivity index (χ3n) is 0.918. The van der Waals surface area contributed by atoms with Crippen molar-refractivity contribution in [3.8, 4) is 0 Å². The Kier molecular flexibility index (Phi) is 6.38. The third kappa shape index (κ3) is 4.25. The molecular formula is C7H14OS2. The van der Waals surface area contributed by atoms with E-state index < -0.39 is 0 Å². The maximum atomic E-state index is 8.54. The highest BCUT2D eigenvalue weighted by Gasteiger charge is 1.96. The molecule has 60 valence electrons. The average molecular weight is 178 g/mol. The van der Waals surface area contributed by atoms with Crippen LogP contribution in [0.3, 0.4) is 0 Å². The van der Waals surface area contributed by atoms with Crippen molar-refractivity contribution < 1.29 is 5.11 Å². The van der Waals surface area contributed by atoms with E-state index in [0.29, 0.717) is 0 Å². The fourth-order valence-corrected chi connectivity index (χ4v) is 2.24. The predicted molar refractivity (Wildman–Crippen MR) is 51.4 cm³/mol. The quantitative estimate of drug-likeness (QED) is 0.713. The van der Waals surface area contributed by atoms with Crippen molar-refractivity contribution in [3.05, 3.63) is 9.81 Å². The molecule has 0 aliphatic heterocycles. The van der Waals surface area contributed by atoms with Crippen LogP contribution in [0.5, 0.6) is 0 Å². The summed E-state index contributed by atoms with van der Waals surface area (Å²) < 4.78 is 1.33. The first-order chi connectivity index (χ1) is 4.72. The Morgan fingerprint density at radius 2 is 2.00 bits per heavy atom. The molecule has 0 saturated carbocycles. The van der Waals surface area contributed by atoms with E-state index in [9.17, 15) is 0 Å². The van der Waals surface area contributed by atoms with Crippen LogP contribution in [0.25, 0.3) is 0 Å². The van der Waals surface area contributed by atoms with Gasteiger partial charge < -0.3 is 5.11 Å². The molecule has 0 aromatic rings. The van der Waals surface area contributed by atoms with Crippen molar-refractivity contribution in [3.63, 3.8) is 0 Å². The second-order valence-electron chi connectivity index (χ2n) is 2.06. The Hall–Kier alpha value is 0.400. The fraction of sp³-hybridized carbons (Fsp3) is 0.714. The second kappa shape index (κ2) is 6.13. The monoisotopic (exact) mass is 178 g/mol. The number of aliphatic hydroxyl groups is 1. The highest BCUT2D eigenvalue weighted by atomic mass is 32.2. The number of allylic oxidation sites excluding steroid dienone is 1. The molecule has 0 aliphatic rings. The molecule has 0 fully saturated rings. The van der Waals surface area contributed by atoms with Gasteiger partial charge in [0.2, 0.25) is 0 Å². The minimum Gasteiger partial charge on any atom is -0.396 e. The number of thioether (sulfide) groups is 2. The smallest absolute Gasteiger partial charge is 0.0525 e.